The molecule has 0 fully saturated rings. The van der Waals surface area contributed by atoms with Crippen LogP contribution in [0.15, 0.2) is 44.9 Å². The molecule has 21 heavy (non-hydrogen) atoms. The van der Waals surface area contributed by atoms with E-state index >= 15 is 0 Å². The maximum atomic E-state index is 3.68. The molecule has 1 aliphatic rings. The van der Waals surface area contributed by atoms with Crippen molar-refractivity contribution in [2.24, 2.45) is 0 Å². The van der Waals surface area contributed by atoms with E-state index in [0.29, 0.717) is 0 Å². The van der Waals surface area contributed by atoms with Crippen LogP contribution in [0.3, 0.4) is 0 Å². The summed E-state index contributed by atoms with van der Waals surface area (Å²) in [5, 5.41) is 3.15. The summed E-state index contributed by atoms with van der Waals surface area (Å²) in [6.45, 7) is 7.18. The Balaban J connectivity index is 0.00000110. The first-order chi connectivity index (χ1) is 9.16. The second kappa shape index (κ2) is 7.97. The van der Waals surface area contributed by atoms with E-state index in [-0.39, 0.29) is 24.8 Å². The molecule has 5 heteroatoms. The fraction of sp³-hybridized carbons (Fsp3) is 0.250. The van der Waals surface area contributed by atoms with Crippen molar-refractivity contribution in [3.8, 4) is 0 Å². The Kier molecular flexibility index (Phi) is 7.19. The molecule has 1 aromatic heterocycles. The van der Waals surface area contributed by atoms with Crippen LogP contribution in [0.5, 0.6) is 0 Å². The van der Waals surface area contributed by atoms with Crippen molar-refractivity contribution >= 4 is 23.1 Å². The summed E-state index contributed by atoms with van der Waals surface area (Å²) in [6, 6.07) is 8.70. The zero-order chi connectivity index (χ0) is 13.4. The molecule has 0 saturated heterocycles. The van der Waals surface area contributed by atoms with Gasteiger partial charge in [-0.15, -0.1) is 0 Å². The normalized spacial score (nSPS) is 13.3. The van der Waals surface area contributed by atoms with Gasteiger partial charge >= 0.3 is 128 Å². The Morgan fingerprint density at radius 2 is 1.86 bits per heavy atom. The molecule has 110 valence electrons. The number of H-pyrrole nitrogens is 1. The first-order valence-corrected chi connectivity index (χ1v) is 12.2. The van der Waals surface area contributed by atoms with E-state index in [0.717, 1.165) is 0 Å². The zero-order valence-electron chi connectivity index (χ0n) is 12.5. The zero-order valence-corrected chi connectivity index (χ0v) is 17.6. The summed E-state index contributed by atoms with van der Waals surface area (Å²) in [5.74, 6) is 0. The number of aromatic nitrogens is 1. The number of hydrogen-bond donors (Lipinski definition) is 1. The number of rotatable bonds is 3. The molecule has 0 spiro atoms. The van der Waals surface area contributed by atoms with E-state index < -0.39 is 32.0 Å². The SMILES string of the molecule is Cc1[c]([Zr+2][C]2=C([SiH](C)C)C=CC2)[nH]c2ccccc12.[Cl-].[Cl-]. The number of aryl methyl sites for hydroxylation is 1. The molecule has 0 aliphatic heterocycles. The van der Waals surface area contributed by atoms with Crippen molar-refractivity contribution in [3.63, 3.8) is 0 Å². The Hall–Kier alpha value is -0.0800. The van der Waals surface area contributed by atoms with Gasteiger partial charge in [0.05, 0.1) is 0 Å². The number of fused-ring (bicyclic) bond motifs is 1. The standard InChI is InChI=1S/C9H8N.C7H11Si.2ClH.Zr/c1-7-6-10-9-5-3-2-4-8(7)9;1-8(2)7-5-3-4-6-7;;;/h2-5,10H,1H3;3,5,8H,4H2,1-2H3;2*1H;/q;;;;+2/p-2. The van der Waals surface area contributed by atoms with E-state index in [1.807, 2.05) is 0 Å². The summed E-state index contributed by atoms with van der Waals surface area (Å²) in [7, 11) is -0.652. The van der Waals surface area contributed by atoms with Crippen LogP contribution >= 0.6 is 0 Å². The van der Waals surface area contributed by atoms with Crippen molar-refractivity contribution in [3.05, 3.63) is 50.5 Å². The van der Waals surface area contributed by atoms with Gasteiger partial charge in [0.1, 0.15) is 0 Å². The molecule has 2 aromatic rings. The number of aromatic amines is 1. The number of benzene rings is 1. The summed E-state index contributed by atoms with van der Waals surface area (Å²) >= 11 is -0.633. The molecule has 0 radical (unpaired) electrons. The van der Waals surface area contributed by atoms with Gasteiger partial charge in [0.25, 0.3) is 0 Å². The fourth-order valence-corrected chi connectivity index (χ4v) is 9.75. The van der Waals surface area contributed by atoms with Crippen molar-refractivity contribution in [1.29, 1.82) is 0 Å². The van der Waals surface area contributed by atoms with Crippen molar-refractivity contribution < 1.29 is 48.0 Å². The monoisotopic (exact) mass is 413 g/mol. The predicted molar refractivity (Wildman–Crippen MR) is 82.3 cm³/mol. The van der Waals surface area contributed by atoms with Crippen LogP contribution < -0.4 is 28.2 Å². The largest absolute Gasteiger partial charge is 1.00 e. The van der Waals surface area contributed by atoms with Gasteiger partial charge in [0.2, 0.25) is 0 Å². The quantitative estimate of drug-likeness (QED) is 0.531. The molecule has 3 rings (SSSR count). The third-order valence-electron chi connectivity index (χ3n) is 3.83. The minimum atomic E-state index is -0.652. The smallest absolute Gasteiger partial charge is 1.00 e. The molecule has 1 aromatic carbocycles. The molecule has 1 heterocycles. The molecular formula is C16H19Cl2NSiZr. The van der Waals surface area contributed by atoms with Crippen LogP contribution in [-0.2, 0) is 23.2 Å². The maximum Gasteiger partial charge on any atom is -1.00 e. The van der Waals surface area contributed by atoms with Crippen LogP contribution in [0.2, 0.25) is 13.1 Å². The molecular weight excluding hydrogens is 396 g/mol. The summed E-state index contributed by atoms with van der Waals surface area (Å²) < 4.78 is 3.37. The first kappa shape index (κ1) is 19.0. The van der Waals surface area contributed by atoms with Crippen LogP contribution in [0.1, 0.15) is 12.0 Å². The van der Waals surface area contributed by atoms with Crippen LogP contribution in [0.4, 0.5) is 0 Å². The Bertz CT molecular complexity index is 689. The maximum absolute atomic E-state index is 3.68. The first-order valence-electron chi connectivity index (χ1n) is 6.90. The van der Waals surface area contributed by atoms with Crippen LogP contribution in [0.25, 0.3) is 10.9 Å². The van der Waals surface area contributed by atoms with Crippen molar-refractivity contribution in [2.75, 3.05) is 0 Å². The van der Waals surface area contributed by atoms with Gasteiger partial charge in [0, 0.05) is 0 Å². The van der Waals surface area contributed by atoms with Crippen LogP contribution in [0, 0.1) is 6.92 Å². The van der Waals surface area contributed by atoms with Gasteiger partial charge in [-0.1, -0.05) is 0 Å². The van der Waals surface area contributed by atoms with E-state index in [4.69, 9.17) is 0 Å². The van der Waals surface area contributed by atoms with Gasteiger partial charge in [-0.05, 0) is 0 Å². The molecule has 0 saturated carbocycles. The molecule has 0 bridgehead atoms. The van der Waals surface area contributed by atoms with E-state index in [2.05, 4.69) is 61.4 Å². The average molecular weight is 416 g/mol. The molecule has 0 unspecified atom stereocenters. The van der Waals surface area contributed by atoms with E-state index in [1.165, 1.54) is 22.9 Å². The van der Waals surface area contributed by atoms with E-state index in [9.17, 15) is 0 Å². The molecule has 0 amide bonds. The summed E-state index contributed by atoms with van der Waals surface area (Å²) in [6.07, 6.45) is 6.00. The van der Waals surface area contributed by atoms with Crippen LogP contribution in [-0.4, -0.2) is 13.8 Å². The number of nitrogens with one attached hydrogen (secondary N) is 1. The molecule has 1 aliphatic carbocycles. The third kappa shape index (κ3) is 3.82. The Morgan fingerprint density at radius 1 is 1.14 bits per heavy atom. The number of halogens is 2. The molecule has 1 nitrogen and oxygen atoms in total. The van der Waals surface area contributed by atoms with Gasteiger partial charge < -0.3 is 24.8 Å². The Labute approximate surface area is 152 Å². The summed E-state index contributed by atoms with van der Waals surface area (Å²) in [5.41, 5.74) is 2.80. The van der Waals surface area contributed by atoms with Gasteiger partial charge in [-0.2, -0.15) is 0 Å². The topological polar surface area (TPSA) is 15.8 Å². The molecule has 1 N–H and O–H groups in total. The minimum absolute atomic E-state index is 0. The fourth-order valence-electron chi connectivity index (χ4n) is 2.74. The number of allylic oxidation sites excluding steroid dienone is 4. The number of hydrogen-bond acceptors (Lipinski definition) is 0. The second-order valence-corrected chi connectivity index (χ2v) is 11.7. The number of para-hydroxylation sites is 1. The van der Waals surface area contributed by atoms with Gasteiger partial charge in [0.15, 0.2) is 0 Å². The van der Waals surface area contributed by atoms with Gasteiger partial charge in [-0.3, -0.25) is 0 Å². The Morgan fingerprint density at radius 3 is 2.52 bits per heavy atom. The summed E-state index contributed by atoms with van der Waals surface area (Å²) in [4.78, 5) is 3.68. The average Bonchev–Trinajstić information content (AvgIpc) is 2.97. The molecule has 0 atom stereocenters. The van der Waals surface area contributed by atoms with Crippen molar-refractivity contribution in [2.45, 2.75) is 26.4 Å². The third-order valence-corrected chi connectivity index (χ3v) is 10.1. The minimum Gasteiger partial charge on any atom is -1.00 e. The van der Waals surface area contributed by atoms with Crippen molar-refractivity contribution in [1.82, 2.24) is 4.98 Å². The second-order valence-electron chi connectivity index (χ2n) is 5.49. The predicted octanol–water partition coefficient (Wildman–Crippen LogP) is -2.57. The van der Waals surface area contributed by atoms with Gasteiger partial charge in [-0.25, -0.2) is 0 Å². The van der Waals surface area contributed by atoms with E-state index in [1.54, 1.807) is 11.9 Å².